The molecular formula is C26H34FN5O2. The molecule has 1 heterocycles. The summed E-state index contributed by atoms with van der Waals surface area (Å²) < 4.78 is 20.3. The highest BCUT2D eigenvalue weighted by molar-refractivity contribution is 5.68. The minimum atomic E-state index is -0.615. The molecule has 0 aliphatic heterocycles. The molecule has 0 bridgehead atoms. The summed E-state index contributed by atoms with van der Waals surface area (Å²) in [5, 5.41) is 18.8. The van der Waals surface area contributed by atoms with Gasteiger partial charge in [0.2, 0.25) is 0 Å². The van der Waals surface area contributed by atoms with Crippen molar-refractivity contribution in [1.29, 1.82) is 5.26 Å². The molecule has 1 saturated carbocycles. The molecule has 1 aromatic carbocycles. The molecule has 34 heavy (non-hydrogen) atoms. The monoisotopic (exact) mass is 467 g/mol. The third-order valence-corrected chi connectivity index (χ3v) is 5.83. The molecule has 2 atom stereocenters. The molecule has 182 valence electrons. The largest absolute Gasteiger partial charge is 0.444 e. The van der Waals surface area contributed by atoms with Crippen molar-refractivity contribution < 1.29 is 13.9 Å². The number of amides is 1. The van der Waals surface area contributed by atoms with Crippen LogP contribution in [0, 0.1) is 36.9 Å². The van der Waals surface area contributed by atoms with E-state index in [-0.39, 0.29) is 35.2 Å². The Kier molecular flexibility index (Phi) is 7.65. The molecule has 0 saturated heterocycles. The molecule has 8 heteroatoms. The number of hydrogen-bond acceptors (Lipinski definition) is 6. The number of carbonyl (C=O) groups is 1. The van der Waals surface area contributed by atoms with Crippen LogP contribution in [0.4, 0.5) is 26.5 Å². The molecule has 1 aliphatic rings. The Bertz CT molecular complexity index is 1070. The van der Waals surface area contributed by atoms with Crippen LogP contribution in [0.1, 0.15) is 63.6 Å². The Hall–Kier alpha value is -3.34. The third kappa shape index (κ3) is 6.60. The maximum absolute atomic E-state index is 15.0. The van der Waals surface area contributed by atoms with Gasteiger partial charge in [0.1, 0.15) is 11.7 Å². The molecule has 1 aromatic heterocycles. The van der Waals surface area contributed by atoms with Crippen LogP contribution in [0.25, 0.3) is 0 Å². The average Bonchev–Trinajstić information content (AvgIpc) is 2.65. The van der Waals surface area contributed by atoms with E-state index < -0.39 is 17.5 Å². The highest BCUT2D eigenvalue weighted by atomic mass is 19.1. The summed E-state index contributed by atoms with van der Waals surface area (Å²) >= 11 is 0. The maximum Gasteiger partial charge on any atom is 0.407 e. The number of nitriles is 1. The second-order valence-corrected chi connectivity index (χ2v) is 10.1. The highest BCUT2D eigenvalue weighted by Gasteiger charge is 2.34. The maximum atomic E-state index is 15.0. The number of rotatable bonds is 7. The first-order valence-corrected chi connectivity index (χ1v) is 11.7. The molecule has 3 N–H and O–H groups in total. The van der Waals surface area contributed by atoms with Crippen LogP contribution >= 0.6 is 0 Å². The van der Waals surface area contributed by atoms with E-state index in [4.69, 9.17) is 4.74 Å². The Balaban J connectivity index is 1.85. The normalized spacial score (nSPS) is 15.5. The summed E-state index contributed by atoms with van der Waals surface area (Å²) in [6.07, 6.45) is 2.52. The summed E-state index contributed by atoms with van der Waals surface area (Å²) in [4.78, 5) is 16.8. The number of benzene rings is 1. The second kappa shape index (κ2) is 10.3. The van der Waals surface area contributed by atoms with Crippen molar-refractivity contribution in [3.63, 3.8) is 0 Å². The van der Waals surface area contributed by atoms with Crippen LogP contribution in [0.15, 0.2) is 24.3 Å². The van der Waals surface area contributed by atoms with Gasteiger partial charge in [0.05, 0.1) is 11.6 Å². The molecule has 0 radical (unpaired) electrons. The summed E-state index contributed by atoms with van der Waals surface area (Å²) in [6, 6.07) is 8.56. The Morgan fingerprint density at radius 1 is 1.18 bits per heavy atom. The molecule has 1 amide bonds. The van der Waals surface area contributed by atoms with Crippen molar-refractivity contribution >= 4 is 23.4 Å². The van der Waals surface area contributed by atoms with E-state index in [0.717, 1.165) is 36.1 Å². The SMILES string of the molecule is Cc1cc(C)cc(Nc2nc(N[C@H](C3CCC3)[C@H](C)NC(=O)OC(C)(C)C)c(F)cc2C#N)c1. The quantitative estimate of drug-likeness (QED) is 0.466. The van der Waals surface area contributed by atoms with E-state index in [1.54, 1.807) is 20.8 Å². The topological polar surface area (TPSA) is 99.1 Å². The molecule has 1 fully saturated rings. The number of alkyl carbamates (subject to hydrolysis) is 1. The van der Waals surface area contributed by atoms with E-state index in [1.807, 2.05) is 45.0 Å². The third-order valence-electron chi connectivity index (χ3n) is 5.83. The molecule has 1 aliphatic carbocycles. The van der Waals surface area contributed by atoms with Crippen molar-refractivity contribution in [3.05, 3.63) is 46.8 Å². The van der Waals surface area contributed by atoms with Crippen LogP contribution in [0.2, 0.25) is 0 Å². The molecule has 2 aromatic rings. The minimum Gasteiger partial charge on any atom is -0.444 e. The standard InChI is InChI=1S/C26H34FN5O2/c1-15-10-16(2)12-20(11-15)30-23-19(14-28)13-21(27)24(32-23)31-22(18-8-7-9-18)17(3)29-25(33)34-26(4,5)6/h10-13,17-18,22H,7-9H2,1-6H3,(H,29,33)(H2,30,31,32)/t17-,22-/m0/s1. The van der Waals surface area contributed by atoms with E-state index in [1.165, 1.54) is 6.07 Å². The van der Waals surface area contributed by atoms with Crippen molar-refractivity contribution in [1.82, 2.24) is 10.3 Å². The average molecular weight is 468 g/mol. The smallest absolute Gasteiger partial charge is 0.407 e. The summed E-state index contributed by atoms with van der Waals surface area (Å²) in [5.41, 5.74) is 2.40. The summed E-state index contributed by atoms with van der Waals surface area (Å²) in [7, 11) is 0. The van der Waals surface area contributed by atoms with E-state index in [0.29, 0.717) is 0 Å². The predicted molar refractivity (Wildman–Crippen MR) is 132 cm³/mol. The van der Waals surface area contributed by atoms with Gasteiger partial charge in [-0.3, -0.25) is 0 Å². The van der Waals surface area contributed by atoms with Gasteiger partial charge in [0.15, 0.2) is 17.5 Å². The number of halogens is 1. The van der Waals surface area contributed by atoms with Gasteiger partial charge in [-0.25, -0.2) is 14.2 Å². The van der Waals surface area contributed by atoms with Crippen LogP contribution in [-0.4, -0.2) is 28.8 Å². The number of carbonyl (C=O) groups excluding carboxylic acids is 1. The van der Waals surface area contributed by atoms with Gasteiger partial charge in [0, 0.05) is 11.7 Å². The number of pyridine rings is 1. The number of anilines is 3. The lowest BCUT2D eigenvalue weighted by atomic mass is 9.77. The van der Waals surface area contributed by atoms with Crippen molar-refractivity contribution in [2.45, 2.75) is 78.5 Å². The van der Waals surface area contributed by atoms with Gasteiger partial charge in [0.25, 0.3) is 0 Å². The lowest BCUT2D eigenvalue weighted by molar-refractivity contribution is 0.0492. The first-order valence-electron chi connectivity index (χ1n) is 11.7. The summed E-state index contributed by atoms with van der Waals surface area (Å²) in [6.45, 7) is 11.3. The molecular weight excluding hydrogens is 433 g/mol. The Morgan fingerprint density at radius 3 is 2.35 bits per heavy atom. The lowest BCUT2D eigenvalue weighted by Crippen LogP contribution is -2.51. The Labute approximate surface area is 201 Å². The van der Waals surface area contributed by atoms with Gasteiger partial charge >= 0.3 is 6.09 Å². The number of ether oxygens (including phenoxy) is 1. The first-order chi connectivity index (χ1) is 15.9. The molecule has 3 rings (SSSR count). The van der Waals surface area contributed by atoms with Gasteiger partial charge in [-0.1, -0.05) is 12.5 Å². The number of hydrogen-bond donors (Lipinski definition) is 3. The van der Waals surface area contributed by atoms with Gasteiger partial charge < -0.3 is 20.7 Å². The highest BCUT2D eigenvalue weighted by Crippen LogP contribution is 2.34. The zero-order chi connectivity index (χ0) is 25.0. The fourth-order valence-corrected chi connectivity index (χ4v) is 4.15. The minimum absolute atomic E-state index is 0.0422. The number of nitrogens with zero attached hydrogens (tertiary/aromatic N) is 2. The van der Waals surface area contributed by atoms with Crippen LogP contribution in [0.5, 0.6) is 0 Å². The second-order valence-electron chi connectivity index (χ2n) is 10.1. The van der Waals surface area contributed by atoms with Crippen LogP contribution in [0.3, 0.4) is 0 Å². The fourth-order valence-electron chi connectivity index (χ4n) is 4.15. The predicted octanol–water partition coefficient (Wildman–Crippen LogP) is 5.95. The fraction of sp³-hybridized carbons (Fsp3) is 0.500. The van der Waals surface area contributed by atoms with Gasteiger partial charge in [-0.05, 0) is 89.6 Å². The number of nitrogens with one attached hydrogen (secondary N) is 3. The van der Waals surface area contributed by atoms with Crippen molar-refractivity contribution in [2.24, 2.45) is 5.92 Å². The lowest BCUT2D eigenvalue weighted by Gasteiger charge is -2.38. The zero-order valence-corrected chi connectivity index (χ0v) is 20.8. The van der Waals surface area contributed by atoms with Gasteiger partial charge in [-0.15, -0.1) is 0 Å². The van der Waals surface area contributed by atoms with E-state index in [9.17, 15) is 14.4 Å². The van der Waals surface area contributed by atoms with Crippen molar-refractivity contribution in [2.75, 3.05) is 10.6 Å². The zero-order valence-electron chi connectivity index (χ0n) is 20.8. The number of aryl methyl sites for hydroxylation is 2. The first kappa shape index (κ1) is 25.3. The van der Waals surface area contributed by atoms with E-state index >= 15 is 0 Å². The molecule has 0 unspecified atom stereocenters. The van der Waals surface area contributed by atoms with E-state index in [2.05, 4.69) is 20.9 Å². The number of aromatic nitrogens is 1. The Morgan fingerprint density at radius 2 is 1.82 bits per heavy atom. The van der Waals surface area contributed by atoms with Crippen molar-refractivity contribution in [3.8, 4) is 6.07 Å². The van der Waals surface area contributed by atoms with Crippen LogP contribution in [-0.2, 0) is 4.74 Å². The molecule has 0 spiro atoms. The molecule has 7 nitrogen and oxygen atoms in total. The van der Waals surface area contributed by atoms with Crippen LogP contribution < -0.4 is 16.0 Å². The van der Waals surface area contributed by atoms with Gasteiger partial charge in [-0.2, -0.15) is 5.26 Å². The summed E-state index contributed by atoms with van der Waals surface area (Å²) in [5.74, 6) is -0.0361.